The summed E-state index contributed by atoms with van der Waals surface area (Å²) in [5.41, 5.74) is 0.663. The van der Waals surface area contributed by atoms with Crippen molar-refractivity contribution in [2.45, 2.75) is 18.7 Å². The minimum atomic E-state index is -0.234. The lowest BCUT2D eigenvalue weighted by molar-refractivity contribution is -0.116. The predicted octanol–water partition coefficient (Wildman–Crippen LogP) is 4.84. The van der Waals surface area contributed by atoms with Crippen LogP contribution in [0.1, 0.15) is 13.8 Å². The first-order valence-corrected chi connectivity index (χ1v) is 7.76. The lowest BCUT2D eigenvalue weighted by Gasteiger charge is -2.16. The third kappa shape index (κ3) is 4.33. The Bertz CT molecular complexity index is 599. The van der Waals surface area contributed by atoms with Crippen LogP contribution in [0.4, 0.5) is 5.69 Å². The number of carbonyl (C=O) groups excluding carboxylic acids is 1. The molecule has 0 heterocycles. The molecule has 1 N–H and O–H groups in total. The highest BCUT2D eigenvalue weighted by atomic mass is 79.9. The fourth-order valence-electron chi connectivity index (χ4n) is 1.78. The molecular formula is C17H18BrNO2. The van der Waals surface area contributed by atoms with E-state index in [1.807, 2.05) is 68.4 Å². The maximum Gasteiger partial charge on any atom is 0.238 e. The number of carbonyl (C=O) groups is 1. The van der Waals surface area contributed by atoms with Crippen LogP contribution in [0, 0.1) is 5.92 Å². The van der Waals surface area contributed by atoms with Gasteiger partial charge in [-0.3, -0.25) is 4.79 Å². The highest BCUT2D eigenvalue weighted by Crippen LogP contribution is 2.29. The smallest absolute Gasteiger partial charge is 0.238 e. The number of nitrogens with one attached hydrogen (secondary N) is 1. The van der Waals surface area contributed by atoms with Gasteiger partial charge >= 0.3 is 0 Å². The van der Waals surface area contributed by atoms with Crippen LogP contribution in [0.15, 0.2) is 54.6 Å². The van der Waals surface area contributed by atoms with Gasteiger partial charge in [0.1, 0.15) is 5.75 Å². The molecule has 1 atom stereocenters. The normalized spacial score (nSPS) is 12.0. The summed E-state index contributed by atoms with van der Waals surface area (Å²) in [6, 6.07) is 16.9. The van der Waals surface area contributed by atoms with Crippen LogP contribution in [0.3, 0.4) is 0 Å². The van der Waals surface area contributed by atoms with Crippen molar-refractivity contribution in [1.29, 1.82) is 0 Å². The molecule has 1 unspecified atom stereocenters. The second kappa shape index (κ2) is 7.27. The van der Waals surface area contributed by atoms with Gasteiger partial charge in [-0.25, -0.2) is 0 Å². The lowest BCUT2D eigenvalue weighted by Crippen LogP contribution is -2.27. The van der Waals surface area contributed by atoms with Crippen LogP contribution in [0.25, 0.3) is 0 Å². The second-order valence-electron chi connectivity index (χ2n) is 5.05. The van der Waals surface area contributed by atoms with Gasteiger partial charge in [0, 0.05) is 0 Å². The molecule has 4 heteroatoms. The summed E-state index contributed by atoms with van der Waals surface area (Å²) < 4.78 is 5.82. The van der Waals surface area contributed by atoms with E-state index in [4.69, 9.17) is 4.74 Å². The Labute approximate surface area is 133 Å². The van der Waals surface area contributed by atoms with Crippen LogP contribution in [-0.2, 0) is 4.79 Å². The van der Waals surface area contributed by atoms with Crippen LogP contribution >= 0.6 is 15.9 Å². The number of hydrogen-bond acceptors (Lipinski definition) is 2. The van der Waals surface area contributed by atoms with Crippen molar-refractivity contribution >= 4 is 27.5 Å². The SMILES string of the molecule is CC(C)C(Br)C(=O)Nc1ccccc1Oc1ccccc1. The van der Waals surface area contributed by atoms with Gasteiger partial charge in [-0.1, -0.05) is 60.1 Å². The van der Waals surface area contributed by atoms with Crippen molar-refractivity contribution < 1.29 is 9.53 Å². The Kier molecular flexibility index (Phi) is 5.39. The molecule has 0 aliphatic carbocycles. The van der Waals surface area contributed by atoms with E-state index in [1.54, 1.807) is 0 Å². The number of halogens is 1. The highest BCUT2D eigenvalue weighted by molar-refractivity contribution is 9.10. The summed E-state index contributed by atoms with van der Waals surface area (Å²) in [5.74, 6) is 1.50. The van der Waals surface area contributed by atoms with E-state index in [1.165, 1.54) is 0 Å². The second-order valence-corrected chi connectivity index (χ2v) is 6.03. The van der Waals surface area contributed by atoms with Crippen molar-refractivity contribution in [2.24, 2.45) is 5.92 Å². The van der Waals surface area contributed by atoms with E-state index in [0.29, 0.717) is 11.4 Å². The predicted molar refractivity (Wildman–Crippen MR) is 89.1 cm³/mol. The Balaban J connectivity index is 2.16. The van der Waals surface area contributed by atoms with Crippen LogP contribution in [0.5, 0.6) is 11.5 Å². The number of benzene rings is 2. The Morgan fingerprint density at radius 2 is 1.67 bits per heavy atom. The minimum Gasteiger partial charge on any atom is -0.455 e. The number of ether oxygens (including phenoxy) is 1. The number of hydrogen-bond donors (Lipinski definition) is 1. The molecule has 2 aromatic rings. The summed E-state index contributed by atoms with van der Waals surface area (Å²) in [5, 5.41) is 2.90. The van der Waals surface area contributed by atoms with Gasteiger partial charge in [0.15, 0.2) is 5.75 Å². The minimum absolute atomic E-state index is 0.0749. The average molecular weight is 348 g/mol. The zero-order chi connectivity index (χ0) is 15.2. The zero-order valence-corrected chi connectivity index (χ0v) is 13.6. The van der Waals surface area contributed by atoms with Gasteiger partial charge < -0.3 is 10.1 Å². The molecule has 2 rings (SSSR count). The van der Waals surface area contributed by atoms with Crippen molar-refractivity contribution in [3.63, 3.8) is 0 Å². The summed E-state index contributed by atoms with van der Waals surface area (Å²) in [6.07, 6.45) is 0. The van der Waals surface area contributed by atoms with E-state index >= 15 is 0 Å². The lowest BCUT2D eigenvalue weighted by atomic mass is 10.1. The van der Waals surface area contributed by atoms with Crippen molar-refractivity contribution in [3.8, 4) is 11.5 Å². The molecule has 2 aromatic carbocycles. The Hall–Kier alpha value is -1.81. The van der Waals surface area contributed by atoms with Crippen LogP contribution in [0.2, 0.25) is 0 Å². The van der Waals surface area contributed by atoms with Crippen molar-refractivity contribution in [1.82, 2.24) is 0 Å². The molecule has 3 nitrogen and oxygen atoms in total. The van der Waals surface area contributed by atoms with Gasteiger partial charge in [0.2, 0.25) is 5.91 Å². The fraction of sp³-hybridized carbons (Fsp3) is 0.235. The van der Waals surface area contributed by atoms with Crippen molar-refractivity contribution in [3.05, 3.63) is 54.6 Å². The molecule has 0 bridgehead atoms. The summed E-state index contributed by atoms with van der Waals surface area (Å²) >= 11 is 3.40. The number of alkyl halides is 1. The first kappa shape index (κ1) is 15.6. The molecule has 21 heavy (non-hydrogen) atoms. The third-order valence-electron chi connectivity index (χ3n) is 2.95. The molecule has 0 aromatic heterocycles. The van der Waals surface area contributed by atoms with E-state index in [0.717, 1.165) is 5.75 Å². The van der Waals surface area contributed by atoms with Gasteiger partial charge in [-0.05, 0) is 30.2 Å². The van der Waals surface area contributed by atoms with Crippen LogP contribution in [-0.4, -0.2) is 10.7 Å². The van der Waals surface area contributed by atoms with Crippen molar-refractivity contribution in [2.75, 3.05) is 5.32 Å². The molecule has 0 spiro atoms. The molecule has 0 saturated heterocycles. The summed E-state index contributed by atoms with van der Waals surface area (Å²) in [7, 11) is 0. The molecule has 0 aliphatic rings. The van der Waals surface area contributed by atoms with E-state index in [2.05, 4.69) is 21.2 Å². The number of anilines is 1. The summed E-state index contributed by atoms with van der Waals surface area (Å²) in [6.45, 7) is 3.98. The van der Waals surface area contributed by atoms with E-state index in [9.17, 15) is 4.79 Å². The Morgan fingerprint density at radius 3 is 2.33 bits per heavy atom. The standard InChI is InChI=1S/C17H18BrNO2/c1-12(2)16(18)17(20)19-14-10-6-7-11-15(14)21-13-8-4-3-5-9-13/h3-12,16H,1-2H3,(H,19,20). The van der Waals surface area contributed by atoms with E-state index in [-0.39, 0.29) is 16.7 Å². The van der Waals surface area contributed by atoms with Gasteiger partial charge in [0.05, 0.1) is 10.5 Å². The fourth-order valence-corrected chi connectivity index (χ4v) is 1.89. The number of rotatable bonds is 5. The van der Waals surface area contributed by atoms with Crippen LogP contribution < -0.4 is 10.1 Å². The first-order chi connectivity index (χ1) is 10.1. The van der Waals surface area contributed by atoms with E-state index < -0.39 is 0 Å². The molecule has 110 valence electrons. The van der Waals surface area contributed by atoms with Gasteiger partial charge in [-0.15, -0.1) is 0 Å². The topological polar surface area (TPSA) is 38.3 Å². The molecule has 0 aliphatic heterocycles. The maximum atomic E-state index is 12.1. The molecule has 0 saturated carbocycles. The first-order valence-electron chi connectivity index (χ1n) is 6.85. The maximum absolute atomic E-state index is 12.1. The number of para-hydroxylation sites is 3. The van der Waals surface area contributed by atoms with Gasteiger partial charge in [0.25, 0.3) is 0 Å². The highest BCUT2D eigenvalue weighted by Gasteiger charge is 2.19. The number of amides is 1. The van der Waals surface area contributed by atoms with Gasteiger partial charge in [-0.2, -0.15) is 0 Å². The monoisotopic (exact) mass is 347 g/mol. The summed E-state index contributed by atoms with van der Waals surface area (Å²) in [4.78, 5) is 11.9. The molecule has 0 fully saturated rings. The quantitative estimate of drug-likeness (QED) is 0.786. The molecule has 0 radical (unpaired) electrons. The molecule has 1 amide bonds. The molecular weight excluding hydrogens is 330 g/mol. The Morgan fingerprint density at radius 1 is 1.05 bits per heavy atom. The zero-order valence-electron chi connectivity index (χ0n) is 12.0. The third-order valence-corrected chi connectivity index (χ3v) is 4.42. The average Bonchev–Trinajstić information content (AvgIpc) is 2.49. The largest absolute Gasteiger partial charge is 0.455 e.